The molecule has 0 bridgehead atoms. The monoisotopic (exact) mass is 405 g/mol. The predicted molar refractivity (Wildman–Crippen MR) is 98.8 cm³/mol. The molecular formula is C16H24ClN3O5S. The van der Waals surface area contributed by atoms with Crippen molar-refractivity contribution in [1.82, 2.24) is 15.1 Å². The summed E-state index contributed by atoms with van der Waals surface area (Å²) in [5, 5.41) is 22.5. The Morgan fingerprint density at radius 1 is 1.38 bits per heavy atom. The van der Waals surface area contributed by atoms with Crippen molar-refractivity contribution >= 4 is 42.0 Å². The zero-order valence-corrected chi connectivity index (χ0v) is 16.5. The summed E-state index contributed by atoms with van der Waals surface area (Å²) in [7, 11) is 3.42. The maximum Gasteiger partial charge on any atom is 0.353 e. The molecule has 0 aromatic rings. The lowest BCUT2D eigenvalue weighted by Gasteiger charge is -2.44. The average molecular weight is 406 g/mol. The molecule has 8 nitrogen and oxygen atoms in total. The zero-order chi connectivity index (χ0) is 18.5. The van der Waals surface area contributed by atoms with E-state index in [1.165, 1.54) is 16.7 Å². The highest BCUT2D eigenvalue weighted by Crippen LogP contribution is 2.48. The molecule has 10 heteroatoms. The van der Waals surface area contributed by atoms with Gasteiger partial charge in [0.1, 0.15) is 5.70 Å². The third-order valence-corrected chi connectivity index (χ3v) is 6.37. The SMILES string of the molecule is C[C@@H](O)[C@H]1C(=O)N2C(C(=O)O)=C(SC3CN[C@H](C(=O)N(C)C)C3)C[C@H]12.Cl. The van der Waals surface area contributed by atoms with Gasteiger partial charge in [-0.3, -0.25) is 9.59 Å². The number of likely N-dealkylation sites (N-methyl/N-ethyl adjacent to an activating group) is 1. The number of carbonyl (C=O) groups excluding carboxylic acids is 2. The van der Waals surface area contributed by atoms with Crippen molar-refractivity contribution in [3.63, 3.8) is 0 Å². The fourth-order valence-electron chi connectivity index (χ4n) is 3.83. The lowest BCUT2D eigenvalue weighted by molar-refractivity contribution is -0.161. The molecule has 0 aromatic carbocycles. The van der Waals surface area contributed by atoms with E-state index < -0.39 is 18.0 Å². The molecule has 3 heterocycles. The van der Waals surface area contributed by atoms with E-state index in [1.54, 1.807) is 25.9 Å². The molecule has 0 aromatic heterocycles. The third-order valence-electron chi connectivity index (χ3n) is 5.03. The summed E-state index contributed by atoms with van der Waals surface area (Å²) in [6.07, 6.45) is 0.288. The zero-order valence-electron chi connectivity index (χ0n) is 14.8. The molecule has 3 aliphatic rings. The van der Waals surface area contributed by atoms with Crippen LogP contribution in [0.4, 0.5) is 0 Å². The molecule has 3 N–H and O–H groups in total. The second kappa shape index (κ2) is 7.75. The molecule has 3 rings (SSSR count). The minimum absolute atomic E-state index is 0. The summed E-state index contributed by atoms with van der Waals surface area (Å²) in [4.78, 5) is 39.4. The van der Waals surface area contributed by atoms with Crippen molar-refractivity contribution < 1.29 is 24.6 Å². The van der Waals surface area contributed by atoms with Crippen molar-refractivity contribution in [2.75, 3.05) is 20.6 Å². The molecule has 146 valence electrons. The van der Waals surface area contributed by atoms with Crippen LogP contribution >= 0.6 is 24.2 Å². The lowest BCUT2D eigenvalue weighted by atomic mass is 9.83. The number of rotatable bonds is 5. The number of carboxylic acids is 1. The van der Waals surface area contributed by atoms with E-state index in [0.717, 1.165) is 0 Å². The first-order valence-electron chi connectivity index (χ1n) is 8.31. The van der Waals surface area contributed by atoms with E-state index in [0.29, 0.717) is 24.3 Å². The van der Waals surface area contributed by atoms with Crippen LogP contribution in [0.3, 0.4) is 0 Å². The first-order chi connectivity index (χ1) is 11.7. The molecule has 1 unspecified atom stereocenters. The highest BCUT2D eigenvalue weighted by atomic mass is 35.5. The van der Waals surface area contributed by atoms with E-state index >= 15 is 0 Å². The number of carbonyl (C=O) groups is 3. The lowest BCUT2D eigenvalue weighted by Crippen LogP contribution is -2.61. The Hall–Kier alpha value is -1.29. The molecule has 3 aliphatic heterocycles. The van der Waals surface area contributed by atoms with Gasteiger partial charge in [0.05, 0.1) is 24.1 Å². The molecular weight excluding hydrogens is 382 g/mol. The third kappa shape index (κ3) is 3.45. The number of hydrogen-bond donors (Lipinski definition) is 3. The quantitative estimate of drug-likeness (QED) is 0.546. The molecule has 0 radical (unpaired) electrons. The number of nitrogens with one attached hydrogen (secondary N) is 1. The number of amides is 2. The van der Waals surface area contributed by atoms with Crippen LogP contribution in [0.1, 0.15) is 19.8 Å². The molecule has 0 spiro atoms. The number of aliphatic hydroxyl groups is 1. The van der Waals surface area contributed by atoms with Gasteiger partial charge < -0.3 is 25.3 Å². The summed E-state index contributed by atoms with van der Waals surface area (Å²) in [5.41, 5.74) is 0.0410. The normalized spacial score (nSPS) is 31.2. The van der Waals surface area contributed by atoms with Gasteiger partial charge in [0.2, 0.25) is 11.8 Å². The number of halogens is 1. The van der Waals surface area contributed by atoms with Gasteiger partial charge in [0, 0.05) is 37.2 Å². The van der Waals surface area contributed by atoms with Gasteiger partial charge in [-0.1, -0.05) is 0 Å². The molecule has 2 saturated heterocycles. The van der Waals surface area contributed by atoms with E-state index in [-0.39, 0.29) is 47.3 Å². The smallest absolute Gasteiger partial charge is 0.353 e. The predicted octanol–water partition coefficient (Wildman–Crippen LogP) is -0.132. The van der Waals surface area contributed by atoms with Crippen molar-refractivity contribution in [1.29, 1.82) is 0 Å². The summed E-state index contributed by atoms with van der Waals surface area (Å²) >= 11 is 1.44. The molecule has 26 heavy (non-hydrogen) atoms. The van der Waals surface area contributed by atoms with E-state index in [4.69, 9.17) is 0 Å². The minimum atomic E-state index is -1.12. The Balaban J connectivity index is 0.00000243. The van der Waals surface area contributed by atoms with E-state index in [1.807, 2.05) is 0 Å². The van der Waals surface area contributed by atoms with Gasteiger partial charge in [-0.15, -0.1) is 24.2 Å². The Labute approximate surface area is 162 Å². The Morgan fingerprint density at radius 2 is 2.04 bits per heavy atom. The highest BCUT2D eigenvalue weighted by Gasteiger charge is 2.57. The molecule has 2 fully saturated rings. The average Bonchev–Trinajstić information content (AvgIpc) is 3.09. The van der Waals surface area contributed by atoms with Crippen LogP contribution in [-0.2, 0) is 14.4 Å². The van der Waals surface area contributed by atoms with Crippen LogP contribution < -0.4 is 5.32 Å². The summed E-state index contributed by atoms with van der Waals surface area (Å²) in [5.74, 6) is -1.96. The second-order valence-corrected chi connectivity index (χ2v) is 8.39. The van der Waals surface area contributed by atoms with Crippen molar-refractivity contribution in [2.24, 2.45) is 5.92 Å². The number of carboxylic acid groups (broad SMARTS) is 1. The van der Waals surface area contributed by atoms with E-state index in [9.17, 15) is 24.6 Å². The number of nitrogens with zero attached hydrogens (tertiary/aromatic N) is 2. The minimum Gasteiger partial charge on any atom is -0.477 e. The molecule has 0 saturated carbocycles. The Morgan fingerprint density at radius 3 is 2.58 bits per heavy atom. The number of aliphatic hydroxyl groups excluding tert-OH is 1. The van der Waals surface area contributed by atoms with Crippen molar-refractivity contribution in [3.05, 3.63) is 10.6 Å². The van der Waals surface area contributed by atoms with Crippen LogP contribution in [0.25, 0.3) is 0 Å². The number of hydrogen-bond acceptors (Lipinski definition) is 6. The Kier molecular flexibility index (Phi) is 6.27. The second-order valence-electron chi connectivity index (χ2n) is 6.99. The fourth-order valence-corrected chi connectivity index (χ4v) is 5.27. The first kappa shape index (κ1) is 21.0. The van der Waals surface area contributed by atoms with Crippen molar-refractivity contribution in [3.8, 4) is 0 Å². The Bertz CT molecular complexity index is 654. The van der Waals surface area contributed by atoms with Gasteiger partial charge in [0.25, 0.3) is 0 Å². The van der Waals surface area contributed by atoms with Gasteiger partial charge in [-0.25, -0.2) is 4.79 Å². The van der Waals surface area contributed by atoms with Gasteiger partial charge in [-0.05, 0) is 13.3 Å². The largest absolute Gasteiger partial charge is 0.477 e. The number of β-lactam (4-membered cyclic amide) rings is 1. The first-order valence-corrected chi connectivity index (χ1v) is 9.19. The van der Waals surface area contributed by atoms with Gasteiger partial charge >= 0.3 is 5.97 Å². The summed E-state index contributed by atoms with van der Waals surface area (Å²) in [6, 6.07) is -0.527. The van der Waals surface area contributed by atoms with E-state index in [2.05, 4.69) is 5.32 Å². The van der Waals surface area contributed by atoms with Gasteiger partial charge in [0.15, 0.2) is 0 Å². The van der Waals surface area contributed by atoms with Gasteiger partial charge in [-0.2, -0.15) is 0 Å². The van der Waals surface area contributed by atoms with Crippen LogP contribution in [0.15, 0.2) is 10.6 Å². The summed E-state index contributed by atoms with van der Waals surface area (Å²) in [6.45, 7) is 2.17. The molecule has 5 atom stereocenters. The number of thioether (sulfide) groups is 1. The van der Waals surface area contributed by atoms with Crippen LogP contribution in [0, 0.1) is 5.92 Å². The van der Waals surface area contributed by atoms with Crippen LogP contribution in [-0.4, -0.2) is 81.9 Å². The number of aliphatic carboxylic acids is 1. The van der Waals surface area contributed by atoms with Crippen LogP contribution in [0.2, 0.25) is 0 Å². The standard InChI is InChI=1S/C16H23N3O5S.ClH/c1-7(20)12-10-5-11(13(16(23)24)19(10)15(12)22)25-8-4-9(17-6-8)14(21)18(2)3;/h7-10,12,17,20H,4-6H2,1-3H3,(H,23,24);1H/t7-,8?,9+,10-,12-;/m1./s1. The van der Waals surface area contributed by atoms with Crippen molar-refractivity contribution in [2.45, 2.75) is 43.2 Å². The fraction of sp³-hybridized carbons (Fsp3) is 0.688. The van der Waals surface area contributed by atoms with Crippen LogP contribution in [0.5, 0.6) is 0 Å². The topological polar surface area (TPSA) is 110 Å². The molecule has 0 aliphatic carbocycles. The number of fused-ring (bicyclic) bond motifs is 1. The maximum atomic E-state index is 12.2. The molecule has 2 amide bonds. The summed E-state index contributed by atoms with van der Waals surface area (Å²) < 4.78 is 0. The maximum absolute atomic E-state index is 12.2. The highest BCUT2D eigenvalue weighted by molar-refractivity contribution is 8.03.